The summed E-state index contributed by atoms with van der Waals surface area (Å²) in [5, 5.41) is 9.64. The van der Waals surface area contributed by atoms with Crippen LogP contribution in [0.4, 0.5) is 0 Å². The highest BCUT2D eigenvalue weighted by molar-refractivity contribution is 5.43. The van der Waals surface area contributed by atoms with E-state index in [1.165, 1.54) is 0 Å². The highest BCUT2D eigenvalue weighted by atomic mass is 16.5. The topological polar surface area (TPSA) is 47.9 Å². The van der Waals surface area contributed by atoms with Gasteiger partial charge in [0.2, 0.25) is 0 Å². The normalized spacial score (nSPS) is 11.9. The summed E-state index contributed by atoms with van der Waals surface area (Å²) in [5.74, 6) is 1.27. The Morgan fingerprint density at radius 1 is 1.32 bits per heavy atom. The monoisotopic (exact) mass is 266 g/mol. The molecule has 1 atom stereocenters. The number of allylic oxidation sites excluding steroid dienone is 1. The van der Waals surface area contributed by atoms with Crippen LogP contribution in [0, 0.1) is 0 Å². The average molecular weight is 266 g/mol. The fourth-order valence-electron chi connectivity index (χ4n) is 1.61. The first-order chi connectivity index (χ1) is 9.21. The van der Waals surface area contributed by atoms with Gasteiger partial charge < -0.3 is 19.3 Å². The molecule has 0 saturated carbocycles. The molecule has 19 heavy (non-hydrogen) atoms. The largest absolute Gasteiger partial charge is 0.493 e. The van der Waals surface area contributed by atoms with Crippen molar-refractivity contribution in [1.82, 2.24) is 0 Å². The van der Waals surface area contributed by atoms with Crippen molar-refractivity contribution in [2.75, 3.05) is 26.9 Å². The second kappa shape index (κ2) is 8.56. The molecule has 0 aliphatic heterocycles. The fraction of sp³-hybridized carbons (Fsp3) is 0.467. The predicted octanol–water partition coefficient (Wildman–Crippen LogP) is 2.20. The molecule has 1 aromatic rings. The van der Waals surface area contributed by atoms with Gasteiger partial charge in [0.25, 0.3) is 0 Å². The minimum atomic E-state index is -0.641. The van der Waals surface area contributed by atoms with Gasteiger partial charge in [-0.25, -0.2) is 0 Å². The summed E-state index contributed by atoms with van der Waals surface area (Å²) in [5.41, 5.74) is 1.11. The third-order valence-electron chi connectivity index (χ3n) is 2.55. The van der Waals surface area contributed by atoms with Crippen LogP contribution in [0.2, 0.25) is 0 Å². The summed E-state index contributed by atoms with van der Waals surface area (Å²) in [4.78, 5) is 0. The van der Waals surface area contributed by atoms with Gasteiger partial charge in [0, 0.05) is 6.61 Å². The number of aliphatic hydroxyl groups is 1. The summed E-state index contributed by atoms with van der Waals surface area (Å²) in [6, 6.07) is 5.70. The zero-order valence-corrected chi connectivity index (χ0v) is 11.6. The van der Waals surface area contributed by atoms with Crippen molar-refractivity contribution in [2.24, 2.45) is 0 Å². The van der Waals surface area contributed by atoms with Crippen LogP contribution < -0.4 is 9.47 Å². The van der Waals surface area contributed by atoms with E-state index in [2.05, 4.69) is 6.58 Å². The quantitative estimate of drug-likeness (QED) is 0.696. The van der Waals surface area contributed by atoms with Gasteiger partial charge in [-0.2, -0.15) is 0 Å². The Hall–Kier alpha value is -1.52. The molecule has 0 heterocycles. The van der Waals surface area contributed by atoms with E-state index < -0.39 is 6.10 Å². The number of methoxy groups -OCH3 is 1. The lowest BCUT2D eigenvalue weighted by atomic mass is 10.1. The van der Waals surface area contributed by atoms with Gasteiger partial charge in [-0.15, -0.1) is 6.58 Å². The average Bonchev–Trinajstić information content (AvgIpc) is 2.43. The molecule has 1 N–H and O–H groups in total. The van der Waals surface area contributed by atoms with Gasteiger partial charge in [0.05, 0.1) is 13.7 Å². The van der Waals surface area contributed by atoms with Crippen LogP contribution in [0.1, 0.15) is 12.5 Å². The number of hydrogen-bond donors (Lipinski definition) is 1. The molecule has 0 aromatic heterocycles. The molecule has 0 amide bonds. The molecule has 1 rings (SSSR count). The van der Waals surface area contributed by atoms with Crippen molar-refractivity contribution in [3.8, 4) is 11.5 Å². The first kappa shape index (κ1) is 15.5. The predicted molar refractivity (Wildman–Crippen MR) is 74.9 cm³/mol. The lowest BCUT2D eigenvalue weighted by Gasteiger charge is -2.15. The SMILES string of the molecule is C=CCc1ccc(OC[C@H](O)COCC)c(OC)c1. The molecule has 0 radical (unpaired) electrons. The first-order valence-electron chi connectivity index (χ1n) is 6.37. The molecular weight excluding hydrogens is 244 g/mol. The molecule has 106 valence electrons. The molecule has 4 heteroatoms. The van der Waals surface area contributed by atoms with Crippen molar-refractivity contribution in [1.29, 1.82) is 0 Å². The minimum absolute atomic E-state index is 0.178. The lowest BCUT2D eigenvalue weighted by Crippen LogP contribution is -2.23. The van der Waals surface area contributed by atoms with Crippen LogP contribution in [0.5, 0.6) is 11.5 Å². The highest BCUT2D eigenvalue weighted by Gasteiger charge is 2.09. The highest BCUT2D eigenvalue weighted by Crippen LogP contribution is 2.28. The van der Waals surface area contributed by atoms with E-state index in [9.17, 15) is 5.11 Å². The zero-order valence-electron chi connectivity index (χ0n) is 11.6. The van der Waals surface area contributed by atoms with Gasteiger partial charge in [0.1, 0.15) is 12.7 Å². The molecule has 0 saturated heterocycles. The Labute approximate surface area is 114 Å². The van der Waals surface area contributed by atoms with E-state index >= 15 is 0 Å². The maximum absolute atomic E-state index is 9.64. The molecule has 4 nitrogen and oxygen atoms in total. The molecular formula is C15H22O4. The van der Waals surface area contributed by atoms with Crippen LogP contribution in [0.25, 0.3) is 0 Å². The van der Waals surface area contributed by atoms with Crippen molar-refractivity contribution >= 4 is 0 Å². The van der Waals surface area contributed by atoms with Crippen LogP contribution in [0.15, 0.2) is 30.9 Å². The third kappa shape index (κ3) is 5.32. The van der Waals surface area contributed by atoms with Crippen molar-refractivity contribution < 1.29 is 19.3 Å². The smallest absolute Gasteiger partial charge is 0.161 e. The Morgan fingerprint density at radius 3 is 2.74 bits per heavy atom. The molecule has 0 unspecified atom stereocenters. The molecule has 0 spiro atoms. The molecule has 0 aliphatic rings. The molecule has 0 bridgehead atoms. The number of aliphatic hydroxyl groups excluding tert-OH is 1. The standard InChI is InChI=1S/C15H22O4/c1-4-6-12-7-8-14(15(9-12)17-3)19-11-13(16)10-18-5-2/h4,7-9,13,16H,1,5-6,10-11H2,2-3H3/t13-/m1/s1. The maximum atomic E-state index is 9.64. The lowest BCUT2D eigenvalue weighted by molar-refractivity contribution is 0.0159. The summed E-state index contributed by atoms with van der Waals surface area (Å²) < 4.78 is 15.9. The number of hydrogen-bond acceptors (Lipinski definition) is 4. The van der Waals surface area contributed by atoms with Crippen molar-refractivity contribution in [3.05, 3.63) is 36.4 Å². The van der Waals surface area contributed by atoms with E-state index in [4.69, 9.17) is 14.2 Å². The van der Waals surface area contributed by atoms with Gasteiger partial charge in [0.15, 0.2) is 11.5 Å². The fourth-order valence-corrected chi connectivity index (χ4v) is 1.61. The molecule has 1 aromatic carbocycles. The van der Waals surface area contributed by atoms with Gasteiger partial charge in [-0.05, 0) is 31.0 Å². The van der Waals surface area contributed by atoms with E-state index in [0.717, 1.165) is 12.0 Å². The van der Waals surface area contributed by atoms with Crippen molar-refractivity contribution in [2.45, 2.75) is 19.4 Å². The summed E-state index contributed by atoms with van der Waals surface area (Å²) >= 11 is 0. The Bertz CT molecular complexity index is 390. The first-order valence-corrected chi connectivity index (χ1v) is 6.37. The van der Waals surface area contributed by atoms with Crippen molar-refractivity contribution in [3.63, 3.8) is 0 Å². The third-order valence-corrected chi connectivity index (χ3v) is 2.55. The molecule has 0 aliphatic carbocycles. The number of benzene rings is 1. The van der Waals surface area contributed by atoms with Crippen LogP contribution in [0.3, 0.4) is 0 Å². The van der Waals surface area contributed by atoms with Gasteiger partial charge in [-0.1, -0.05) is 12.1 Å². The second-order valence-corrected chi connectivity index (χ2v) is 4.10. The Balaban J connectivity index is 2.59. The van der Waals surface area contributed by atoms with Crippen LogP contribution >= 0.6 is 0 Å². The van der Waals surface area contributed by atoms with E-state index in [-0.39, 0.29) is 13.2 Å². The summed E-state index contributed by atoms with van der Waals surface area (Å²) in [7, 11) is 1.59. The van der Waals surface area contributed by atoms with Gasteiger partial charge >= 0.3 is 0 Å². The van der Waals surface area contributed by atoms with Gasteiger partial charge in [-0.3, -0.25) is 0 Å². The summed E-state index contributed by atoms with van der Waals surface area (Å²) in [6.07, 6.45) is 1.97. The Kier molecular flexibility index (Phi) is 7.00. The van der Waals surface area contributed by atoms with Crippen LogP contribution in [-0.4, -0.2) is 38.1 Å². The second-order valence-electron chi connectivity index (χ2n) is 4.10. The zero-order chi connectivity index (χ0) is 14.1. The Morgan fingerprint density at radius 2 is 2.11 bits per heavy atom. The maximum Gasteiger partial charge on any atom is 0.161 e. The van der Waals surface area contributed by atoms with Crippen LogP contribution in [-0.2, 0) is 11.2 Å². The number of rotatable bonds is 9. The van der Waals surface area contributed by atoms with E-state index in [1.54, 1.807) is 7.11 Å². The van der Waals surface area contributed by atoms with E-state index in [0.29, 0.717) is 18.1 Å². The minimum Gasteiger partial charge on any atom is -0.493 e. The summed E-state index contributed by atoms with van der Waals surface area (Å²) in [6.45, 7) is 6.62. The van der Waals surface area contributed by atoms with E-state index in [1.807, 2.05) is 31.2 Å². The molecule has 0 fully saturated rings. The number of ether oxygens (including phenoxy) is 3.